The molecule has 0 fully saturated rings. The van der Waals surface area contributed by atoms with Crippen molar-refractivity contribution in [1.29, 1.82) is 0 Å². The van der Waals surface area contributed by atoms with Crippen molar-refractivity contribution in [2.75, 3.05) is 10.2 Å². The first-order valence-corrected chi connectivity index (χ1v) is 6.52. The van der Waals surface area contributed by atoms with Crippen LogP contribution in [0.1, 0.15) is 26.7 Å². The predicted molar refractivity (Wildman–Crippen MR) is 56.3 cm³/mol. The molecule has 1 atom stereocenters. The zero-order valence-corrected chi connectivity index (χ0v) is 9.57. The van der Waals surface area contributed by atoms with Crippen molar-refractivity contribution in [3.63, 3.8) is 0 Å². The average Bonchev–Trinajstić information content (AvgIpc) is 1.88. The number of rotatable bonds is 5. The lowest BCUT2D eigenvalue weighted by atomic mass is 10.4. The first kappa shape index (κ1) is 10.9. The van der Waals surface area contributed by atoms with Crippen molar-refractivity contribution in [2.24, 2.45) is 0 Å². The van der Waals surface area contributed by atoms with Crippen LogP contribution in [0.5, 0.6) is 0 Å². The highest BCUT2D eigenvalue weighted by atomic mass is 127. The van der Waals surface area contributed by atoms with E-state index < -0.39 is 10.8 Å². The van der Waals surface area contributed by atoms with Gasteiger partial charge in [-0.1, -0.05) is 36.4 Å². The van der Waals surface area contributed by atoms with E-state index in [1.807, 2.05) is 13.8 Å². The van der Waals surface area contributed by atoms with E-state index in [0.717, 1.165) is 12.2 Å². The van der Waals surface area contributed by atoms with Gasteiger partial charge >= 0.3 is 0 Å². The zero-order valence-electron chi connectivity index (χ0n) is 6.60. The van der Waals surface area contributed by atoms with Crippen LogP contribution in [0.15, 0.2) is 0 Å². The summed E-state index contributed by atoms with van der Waals surface area (Å²) < 4.78 is 12.3. The van der Waals surface area contributed by atoms with E-state index in [-0.39, 0.29) is 0 Å². The largest absolute Gasteiger partial charge is 0.259 e. The summed E-state index contributed by atoms with van der Waals surface area (Å²) in [6.07, 6.45) is 2.33. The predicted octanol–water partition coefficient (Wildman–Crippen LogP) is 2.36. The van der Waals surface area contributed by atoms with E-state index >= 15 is 0 Å². The first-order chi connectivity index (χ1) is 4.68. The summed E-state index contributed by atoms with van der Waals surface area (Å²) in [6, 6.07) is 0. The number of halogens is 1. The lowest BCUT2D eigenvalue weighted by Gasteiger charge is -2.03. The van der Waals surface area contributed by atoms with Crippen LogP contribution in [-0.2, 0) is 10.8 Å². The maximum atomic E-state index is 11.1. The minimum atomic E-state index is -0.577. The highest BCUT2D eigenvalue weighted by Crippen LogP contribution is 2.00. The van der Waals surface area contributed by atoms with Crippen LogP contribution >= 0.6 is 22.6 Å². The van der Waals surface area contributed by atoms with Crippen LogP contribution in [0.3, 0.4) is 0 Å². The molecule has 0 aliphatic heterocycles. The minimum Gasteiger partial charge on any atom is -0.259 e. The van der Waals surface area contributed by atoms with Gasteiger partial charge in [0.05, 0.1) is 0 Å². The summed E-state index contributed by atoms with van der Waals surface area (Å²) in [5.41, 5.74) is 0. The van der Waals surface area contributed by atoms with Gasteiger partial charge in [-0.05, 0) is 17.3 Å². The Hall–Kier alpha value is 0.880. The van der Waals surface area contributed by atoms with Gasteiger partial charge in [-0.25, -0.2) is 0 Å². The van der Waals surface area contributed by atoms with E-state index in [1.54, 1.807) is 0 Å². The van der Waals surface area contributed by atoms with Crippen molar-refractivity contribution in [3.8, 4) is 0 Å². The molecular weight excluding hydrogens is 259 g/mol. The van der Waals surface area contributed by atoms with Crippen LogP contribution in [0.4, 0.5) is 0 Å². The second kappa shape index (κ2) is 6.58. The second-order valence-corrected chi connectivity index (χ2v) is 5.72. The van der Waals surface area contributed by atoms with Gasteiger partial charge in [0.1, 0.15) is 0 Å². The van der Waals surface area contributed by atoms with E-state index in [1.165, 1.54) is 10.8 Å². The van der Waals surface area contributed by atoms with E-state index in [9.17, 15) is 4.21 Å². The molecule has 0 aromatic rings. The van der Waals surface area contributed by atoms with E-state index in [4.69, 9.17) is 0 Å². The molecule has 0 saturated carbocycles. The van der Waals surface area contributed by atoms with Crippen LogP contribution in [-0.4, -0.2) is 19.6 Å². The summed E-state index contributed by atoms with van der Waals surface area (Å²) in [4.78, 5) is 0. The maximum Gasteiger partial charge on any atom is 0.0291 e. The third-order valence-electron chi connectivity index (χ3n) is 1.25. The Labute approximate surface area is 79.6 Å². The molecule has 62 valence electrons. The minimum absolute atomic E-state index is 0.342. The highest BCUT2D eigenvalue weighted by molar-refractivity contribution is 14.1. The van der Waals surface area contributed by atoms with Crippen molar-refractivity contribution in [1.82, 2.24) is 0 Å². The molecule has 0 N–H and O–H groups in total. The fourth-order valence-corrected chi connectivity index (χ4v) is 2.07. The molecule has 0 bridgehead atoms. The monoisotopic (exact) mass is 274 g/mol. The summed E-state index contributed by atoms with van der Waals surface area (Å²) in [5.74, 6) is 0.890. The van der Waals surface area contributed by atoms with Crippen LogP contribution in [0.25, 0.3) is 0 Å². The van der Waals surface area contributed by atoms with Crippen molar-refractivity contribution < 1.29 is 4.21 Å². The normalized spacial score (nSPS) is 14.0. The fourth-order valence-electron chi connectivity index (χ4n) is 0.575. The molecule has 0 aromatic carbocycles. The van der Waals surface area contributed by atoms with Gasteiger partial charge in [-0.3, -0.25) is 4.21 Å². The molecule has 0 amide bonds. The van der Waals surface area contributed by atoms with Gasteiger partial charge in [0, 0.05) is 21.8 Å². The van der Waals surface area contributed by atoms with Gasteiger partial charge in [-0.2, -0.15) is 0 Å². The molecule has 10 heavy (non-hydrogen) atoms. The smallest absolute Gasteiger partial charge is 0.0291 e. The lowest BCUT2D eigenvalue weighted by Crippen LogP contribution is -2.09. The van der Waals surface area contributed by atoms with E-state index in [2.05, 4.69) is 22.6 Å². The Balaban J connectivity index is 3.22. The van der Waals surface area contributed by atoms with Gasteiger partial charge in [0.25, 0.3) is 0 Å². The standard InChI is InChI=1S/C7H15IOS/c1-7(2)10(9)6-4-3-5-8/h7H,3-6H2,1-2H3. The van der Waals surface area contributed by atoms with Crippen LogP contribution in [0, 0.1) is 0 Å². The van der Waals surface area contributed by atoms with Gasteiger partial charge in [0.15, 0.2) is 0 Å². The zero-order chi connectivity index (χ0) is 7.98. The average molecular weight is 274 g/mol. The molecule has 0 rings (SSSR count). The Bertz CT molecular complexity index is 104. The molecule has 1 nitrogen and oxygen atoms in total. The summed E-state index contributed by atoms with van der Waals surface area (Å²) >= 11 is 2.35. The molecule has 0 aliphatic rings. The molecule has 0 aromatic heterocycles. The number of unbranched alkanes of at least 4 members (excludes halogenated alkanes) is 1. The quantitative estimate of drug-likeness (QED) is 0.427. The van der Waals surface area contributed by atoms with Crippen molar-refractivity contribution >= 4 is 33.4 Å². The van der Waals surface area contributed by atoms with E-state index in [0.29, 0.717) is 5.25 Å². The number of alkyl halides is 1. The molecule has 1 unspecified atom stereocenters. The molecule has 0 heterocycles. The lowest BCUT2D eigenvalue weighted by molar-refractivity contribution is 0.673. The molecule has 0 spiro atoms. The Morgan fingerprint density at radius 3 is 2.40 bits per heavy atom. The number of hydrogen-bond donors (Lipinski definition) is 0. The fraction of sp³-hybridized carbons (Fsp3) is 1.00. The third kappa shape index (κ3) is 5.65. The summed E-state index contributed by atoms with van der Waals surface area (Å²) in [6.45, 7) is 4.03. The SMILES string of the molecule is CC(C)S(=O)CCCCI. The van der Waals surface area contributed by atoms with Crippen LogP contribution in [0.2, 0.25) is 0 Å². The highest BCUT2D eigenvalue weighted by Gasteiger charge is 2.02. The van der Waals surface area contributed by atoms with Crippen LogP contribution < -0.4 is 0 Å². The molecule has 0 saturated heterocycles. The van der Waals surface area contributed by atoms with Gasteiger partial charge in [0.2, 0.25) is 0 Å². The molecule has 0 aliphatic carbocycles. The third-order valence-corrected chi connectivity index (χ3v) is 3.76. The van der Waals surface area contributed by atoms with Crippen molar-refractivity contribution in [2.45, 2.75) is 31.9 Å². The Morgan fingerprint density at radius 1 is 1.40 bits per heavy atom. The second-order valence-electron chi connectivity index (χ2n) is 2.53. The Kier molecular flexibility index (Phi) is 7.16. The number of hydrogen-bond acceptors (Lipinski definition) is 1. The Morgan fingerprint density at radius 2 is 2.00 bits per heavy atom. The molecule has 0 radical (unpaired) electrons. The van der Waals surface area contributed by atoms with Gasteiger partial charge in [-0.15, -0.1) is 0 Å². The van der Waals surface area contributed by atoms with Crippen molar-refractivity contribution in [3.05, 3.63) is 0 Å². The topological polar surface area (TPSA) is 17.1 Å². The molecular formula is C7H15IOS. The van der Waals surface area contributed by atoms with Gasteiger partial charge < -0.3 is 0 Å². The molecule has 3 heteroatoms. The maximum absolute atomic E-state index is 11.1. The first-order valence-electron chi connectivity index (χ1n) is 3.61. The summed E-state index contributed by atoms with van der Waals surface area (Å²) in [7, 11) is -0.577. The summed E-state index contributed by atoms with van der Waals surface area (Å²) in [5, 5.41) is 0.342.